The highest BCUT2D eigenvalue weighted by Crippen LogP contribution is 2.42. The van der Waals surface area contributed by atoms with Crippen molar-refractivity contribution < 1.29 is 4.79 Å². The Labute approximate surface area is 175 Å². The second-order valence-corrected chi connectivity index (χ2v) is 11.7. The van der Waals surface area contributed by atoms with Crippen molar-refractivity contribution >= 4 is 29.0 Å². The Bertz CT molecular complexity index is 876. The van der Waals surface area contributed by atoms with E-state index in [4.69, 9.17) is 0 Å². The first kappa shape index (κ1) is 20.0. The van der Waals surface area contributed by atoms with Crippen molar-refractivity contribution in [3.63, 3.8) is 0 Å². The van der Waals surface area contributed by atoms with E-state index >= 15 is 0 Å². The Balaban J connectivity index is 1.49. The molecule has 1 saturated carbocycles. The van der Waals surface area contributed by atoms with Gasteiger partial charge in [-0.05, 0) is 62.0 Å². The van der Waals surface area contributed by atoms with Gasteiger partial charge in [0.25, 0.3) is 0 Å². The molecule has 2 atom stereocenters. The van der Waals surface area contributed by atoms with E-state index in [2.05, 4.69) is 42.4 Å². The molecule has 0 radical (unpaired) electrons. The van der Waals surface area contributed by atoms with E-state index < -0.39 is 0 Å². The van der Waals surface area contributed by atoms with E-state index in [1.807, 2.05) is 29.9 Å². The maximum atomic E-state index is 12.2. The first-order valence-electron chi connectivity index (χ1n) is 10.2. The minimum Gasteiger partial charge on any atom is -0.352 e. The lowest BCUT2D eigenvalue weighted by molar-refractivity contribution is -0.120. The largest absolute Gasteiger partial charge is 0.352 e. The fourth-order valence-corrected chi connectivity index (χ4v) is 5.82. The number of aryl methyl sites for hydroxylation is 1. The normalized spacial score (nSPS) is 20.7. The molecule has 2 aromatic rings. The summed E-state index contributed by atoms with van der Waals surface area (Å²) in [6, 6.07) is 2.71. The average molecular weight is 419 g/mol. The molecule has 0 spiro atoms. The van der Waals surface area contributed by atoms with Gasteiger partial charge in [-0.3, -0.25) is 4.79 Å². The van der Waals surface area contributed by atoms with Crippen LogP contribution in [0.25, 0.3) is 10.7 Å². The molecular formula is C21H30N4OS2. The van der Waals surface area contributed by atoms with Crippen LogP contribution in [0.2, 0.25) is 0 Å². The molecule has 2 heterocycles. The monoisotopic (exact) mass is 418 g/mol. The average Bonchev–Trinajstić information content (AvgIpc) is 3.22. The SMILES string of the molecule is CC(Sc1nnc(-c2cc3c(s2)CCC(C(C)(C)C)C3)n1C)C(=O)NC1CC1. The number of amides is 1. The van der Waals surface area contributed by atoms with Crippen molar-refractivity contribution in [2.45, 2.75) is 76.2 Å². The van der Waals surface area contributed by atoms with Crippen LogP contribution in [0.1, 0.15) is 57.4 Å². The summed E-state index contributed by atoms with van der Waals surface area (Å²) in [5.74, 6) is 1.74. The number of fused-ring (bicyclic) bond motifs is 1. The molecule has 1 fully saturated rings. The lowest BCUT2D eigenvalue weighted by Crippen LogP contribution is -2.32. The molecule has 1 amide bonds. The molecule has 7 heteroatoms. The van der Waals surface area contributed by atoms with Crippen LogP contribution >= 0.6 is 23.1 Å². The predicted molar refractivity (Wildman–Crippen MR) is 116 cm³/mol. The molecule has 2 unspecified atom stereocenters. The van der Waals surface area contributed by atoms with Crippen molar-refractivity contribution in [3.8, 4) is 10.7 Å². The number of hydrogen-bond donors (Lipinski definition) is 1. The van der Waals surface area contributed by atoms with Crippen LogP contribution in [-0.2, 0) is 24.7 Å². The van der Waals surface area contributed by atoms with Gasteiger partial charge in [-0.25, -0.2) is 0 Å². The molecule has 2 aliphatic carbocycles. The van der Waals surface area contributed by atoms with Gasteiger partial charge in [0.1, 0.15) is 0 Å². The Hall–Kier alpha value is -1.34. The summed E-state index contributed by atoms with van der Waals surface area (Å²) in [6.07, 6.45) is 5.81. The minimum absolute atomic E-state index is 0.0943. The Morgan fingerprint density at radius 2 is 2.07 bits per heavy atom. The number of rotatable bonds is 5. The molecule has 1 N–H and O–H groups in total. The van der Waals surface area contributed by atoms with E-state index in [0.717, 1.165) is 36.2 Å². The van der Waals surface area contributed by atoms with Crippen molar-refractivity contribution in [2.24, 2.45) is 18.4 Å². The van der Waals surface area contributed by atoms with Crippen LogP contribution in [0.15, 0.2) is 11.2 Å². The summed E-state index contributed by atoms with van der Waals surface area (Å²) >= 11 is 3.34. The van der Waals surface area contributed by atoms with Gasteiger partial charge in [0.15, 0.2) is 11.0 Å². The Morgan fingerprint density at radius 3 is 2.75 bits per heavy atom. The van der Waals surface area contributed by atoms with Crippen molar-refractivity contribution in [3.05, 3.63) is 16.5 Å². The third-order valence-electron chi connectivity index (χ3n) is 5.94. The lowest BCUT2D eigenvalue weighted by Gasteiger charge is -2.33. The first-order chi connectivity index (χ1) is 13.2. The van der Waals surface area contributed by atoms with Crippen LogP contribution in [0.4, 0.5) is 0 Å². The highest BCUT2D eigenvalue weighted by atomic mass is 32.2. The summed E-state index contributed by atoms with van der Waals surface area (Å²) in [5, 5.41) is 12.5. The van der Waals surface area contributed by atoms with E-state index in [0.29, 0.717) is 11.5 Å². The molecule has 0 bridgehead atoms. The maximum Gasteiger partial charge on any atom is 0.233 e. The second-order valence-electron chi connectivity index (χ2n) is 9.27. The molecule has 0 saturated heterocycles. The number of thioether (sulfide) groups is 1. The highest BCUT2D eigenvalue weighted by molar-refractivity contribution is 8.00. The van der Waals surface area contributed by atoms with Crippen LogP contribution in [0.3, 0.4) is 0 Å². The zero-order chi connectivity index (χ0) is 20.1. The molecule has 152 valence electrons. The zero-order valence-electron chi connectivity index (χ0n) is 17.4. The topological polar surface area (TPSA) is 59.8 Å². The summed E-state index contributed by atoms with van der Waals surface area (Å²) in [6.45, 7) is 8.99. The molecule has 0 aromatic carbocycles. The van der Waals surface area contributed by atoms with Gasteiger partial charge >= 0.3 is 0 Å². The number of thiophene rings is 1. The van der Waals surface area contributed by atoms with E-state index in [1.165, 1.54) is 39.9 Å². The van der Waals surface area contributed by atoms with Gasteiger partial charge < -0.3 is 9.88 Å². The van der Waals surface area contributed by atoms with E-state index in [1.54, 1.807) is 0 Å². The van der Waals surface area contributed by atoms with E-state index in [-0.39, 0.29) is 11.2 Å². The first-order valence-corrected chi connectivity index (χ1v) is 11.9. The molecule has 2 aromatic heterocycles. The van der Waals surface area contributed by atoms with Gasteiger partial charge in [0.2, 0.25) is 5.91 Å². The minimum atomic E-state index is -0.166. The lowest BCUT2D eigenvalue weighted by atomic mass is 9.72. The summed E-state index contributed by atoms with van der Waals surface area (Å²) < 4.78 is 2.03. The molecule has 0 aliphatic heterocycles. The standard InChI is InChI=1S/C21H30N4OS2/c1-12(19(26)22-15-7-8-15)27-20-24-23-18(25(20)5)17-11-13-10-14(21(2,3)4)6-9-16(13)28-17/h11-12,14-15H,6-10H2,1-5H3,(H,22,26). The smallest absolute Gasteiger partial charge is 0.233 e. The number of carbonyl (C=O) groups is 1. The maximum absolute atomic E-state index is 12.2. The van der Waals surface area contributed by atoms with Crippen molar-refractivity contribution in [1.29, 1.82) is 0 Å². The van der Waals surface area contributed by atoms with Gasteiger partial charge in [0, 0.05) is 18.0 Å². The predicted octanol–water partition coefficient (Wildman–Crippen LogP) is 4.45. The fraction of sp³-hybridized carbons (Fsp3) is 0.667. The van der Waals surface area contributed by atoms with Crippen LogP contribution < -0.4 is 5.32 Å². The Kier molecular flexibility index (Phi) is 5.33. The van der Waals surface area contributed by atoms with Gasteiger partial charge in [-0.1, -0.05) is 32.5 Å². The number of hydrogen-bond acceptors (Lipinski definition) is 5. The second kappa shape index (κ2) is 7.48. The van der Waals surface area contributed by atoms with Crippen LogP contribution in [0, 0.1) is 11.3 Å². The quantitative estimate of drug-likeness (QED) is 0.729. The molecule has 4 rings (SSSR count). The number of nitrogens with one attached hydrogen (secondary N) is 1. The fourth-order valence-electron chi connectivity index (χ4n) is 3.76. The van der Waals surface area contributed by atoms with Gasteiger partial charge in [-0.15, -0.1) is 21.5 Å². The van der Waals surface area contributed by atoms with Crippen molar-refractivity contribution in [1.82, 2.24) is 20.1 Å². The summed E-state index contributed by atoms with van der Waals surface area (Å²) in [7, 11) is 2.00. The van der Waals surface area contributed by atoms with Crippen molar-refractivity contribution in [2.75, 3.05) is 0 Å². The van der Waals surface area contributed by atoms with Gasteiger partial charge in [-0.2, -0.15) is 0 Å². The van der Waals surface area contributed by atoms with Gasteiger partial charge in [0.05, 0.1) is 10.1 Å². The zero-order valence-corrected chi connectivity index (χ0v) is 19.0. The number of nitrogens with zero attached hydrogens (tertiary/aromatic N) is 3. The molecule has 2 aliphatic rings. The molecule has 28 heavy (non-hydrogen) atoms. The third-order valence-corrected chi connectivity index (χ3v) is 8.31. The van der Waals surface area contributed by atoms with Crippen LogP contribution in [0.5, 0.6) is 0 Å². The number of carbonyl (C=O) groups excluding carboxylic acids is 1. The summed E-state index contributed by atoms with van der Waals surface area (Å²) in [5.41, 5.74) is 1.84. The van der Waals surface area contributed by atoms with Crippen LogP contribution in [-0.4, -0.2) is 32.0 Å². The highest BCUT2D eigenvalue weighted by Gasteiger charge is 2.31. The number of aromatic nitrogens is 3. The Morgan fingerprint density at radius 1 is 1.32 bits per heavy atom. The molecule has 5 nitrogen and oxygen atoms in total. The third kappa shape index (κ3) is 4.15. The summed E-state index contributed by atoms with van der Waals surface area (Å²) in [4.78, 5) is 14.9. The van der Waals surface area contributed by atoms with E-state index in [9.17, 15) is 4.79 Å². The molecular weight excluding hydrogens is 388 g/mol.